The Hall–Kier alpha value is -4.63. The number of carbonyl (C=O) groups is 2. The number of thioether (sulfide) groups is 1. The number of ether oxygens (including phenoxy) is 4. The summed E-state index contributed by atoms with van der Waals surface area (Å²) in [6.45, 7) is 4.32. The normalized spacial score (nSPS) is 20.9. The van der Waals surface area contributed by atoms with E-state index in [1.807, 2.05) is 31.2 Å². The monoisotopic (exact) mass is 672 g/mol. The van der Waals surface area contributed by atoms with Crippen LogP contribution in [0.1, 0.15) is 32.4 Å². The van der Waals surface area contributed by atoms with E-state index in [4.69, 9.17) is 18.9 Å². The zero-order chi connectivity index (χ0) is 33.8. The summed E-state index contributed by atoms with van der Waals surface area (Å²) in [7, 11) is 1.58. The maximum Gasteiger partial charge on any atom is 0.303 e. The van der Waals surface area contributed by atoms with Crippen LogP contribution in [0.2, 0.25) is 0 Å². The molecular weight excluding hydrogens is 641 g/mol. The van der Waals surface area contributed by atoms with Crippen LogP contribution in [0.3, 0.4) is 0 Å². The van der Waals surface area contributed by atoms with Crippen LogP contribution in [-0.4, -0.2) is 62.9 Å². The summed E-state index contributed by atoms with van der Waals surface area (Å²) in [6.07, 6.45) is 1.06. The molecule has 1 saturated heterocycles. The molecule has 1 aliphatic heterocycles. The van der Waals surface area contributed by atoms with Crippen LogP contribution in [0.4, 0.5) is 13.2 Å². The Kier molecular flexibility index (Phi) is 10.3. The number of aromatic nitrogens is 4. The molecule has 248 valence electrons. The highest BCUT2D eigenvalue weighted by Crippen LogP contribution is 2.43. The van der Waals surface area contributed by atoms with E-state index in [9.17, 15) is 27.6 Å². The van der Waals surface area contributed by atoms with Gasteiger partial charge in [-0.15, -0.1) is 5.10 Å². The number of hydrogen-bond donors (Lipinski definition) is 0. The van der Waals surface area contributed by atoms with Gasteiger partial charge in [-0.3, -0.25) is 14.4 Å². The SMILES string of the molecule is COc1ccc(Cn2ccc(S[C@H]3OC(COC(C)=O)[C@H](OC(C)=O)[C@H](n4cc(-c5cc(F)c(F)c(F)c5)nn4)C3C)cc2=O)cc1. The number of rotatable bonds is 10. The van der Waals surface area contributed by atoms with E-state index in [1.54, 1.807) is 23.9 Å². The van der Waals surface area contributed by atoms with Gasteiger partial charge in [-0.2, -0.15) is 0 Å². The van der Waals surface area contributed by atoms with Gasteiger partial charge < -0.3 is 23.5 Å². The fourth-order valence-electron chi connectivity index (χ4n) is 5.26. The second-order valence-corrected chi connectivity index (χ2v) is 12.1. The predicted molar refractivity (Wildman–Crippen MR) is 163 cm³/mol. The lowest BCUT2D eigenvalue weighted by molar-refractivity contribution is -0.191. The Morgan fingerprint density at radius 2 is 1.72 bits per heavy atom. The Bertz CT molecular complexity index is 1790. The summed E-state index contributed by atoms with van der Waals surface area (Å²) in [5.41, 5.74) is -0.0564. The molecule has 0 amide bonds. The van der Waals surface area contributed by atoms with Crippen LogP contribution in [0.25, 0.3) is 11.3 Å². The molecule has 47 heavy (non-hydrogen) atoms. The average Bonchev–Trinajstić information content (AvgIpc) is 3.51. The van der Waals surface area contributed by atoms with Gasteiger partial charge in [0.05, 0.1) is 25.9 Å². The van der Waals surface area contributed by atoms with Crippen molar-refractivity contribution in [3.63, 3.8) is 0 Å². The van der Waals surface area contributed by atoms with Crippen LogP contribution >= 0.6 is 11.8 Å². The third-order valence-corrected chi connectivity index (χ3v) is 8.86. The Balaban J connectivity index is 1.44. The van der Waals surface area contributed by atoms with E-state index in [2.05, 4.69) is 10.3 Å². The van der Waals surface area contributed by atoms with Gasteiger partial charge in [0.25, 0.3) is 5.56 Å². The lowest BCUT2D eigenvalue weighted by atomic mass is 9.90. The standard InChI is InChI=1S/C32H31F3N4O7S/c1-17-30(39-15-26(36-37-39)21-11-24(33)29(35)25(34)12-21)31(45-19(3)41)27(16-44-18(2)40)46-32(17)47-23-9-10-38(28(42)13-23)14-20-5-7-22(43-4)8-6-20/h5-13,15,17,27,30-32H,14,16H2,1-4H3/t17?,27?,30-,31+,32-/m1/s1. The van der Waals surface area contributed by atoms with Crippen molar-refractivity contribution in [2.45, 2.75) is 55.9 Å². The first-order chi connectivity index (χ1) is 22.4. The van der Waals surface area contributed by atoms with E-state index < -0.39 is 59.0 Å². The Morgan fingerprint density at radius 1 is 1.02 bits per heavy atom. The summed E-state index contributed by atoms with van der Waals surface area (Å²) in [4.78, 5) is 37.6. The molecule has 0 spiro atoms. The number of halogens is 3. The topological polar surface area (TPSA) is 124 Å². The van der Waals surface area contributed by atoms with Gasteiger partial charge in [0, 0.05) is 42.5 Å². The minimum atomic E-state index is -1.62. The summed E-state index contributed by atoms with van der Waals surface area (Å²) in [5, 5.41) is 8.18. The molecule has 11 nitrogen and oxygen atoms in total. The third kappa shape index (κ3) is 7.85. The number of nitrogens with zero attached hydrogens (tertiary/aromatic N) is 4. The second kappa shape index (κ2) is 14.4. The first-order valence-corrected chi connectivity index (χ1v) is 15.3. The van der Waals surface area contributed by atoms with Gasteiger partial charge in [0.2, 0.25) is 0 Å². The molecule has 0 saturated carbocycles. The molecular formula is C32H31F3N4O7S. The Morgan fingerprint density at radius 3 is 2.34 bits per heavy atom. The minimum absolute atomic E-state index is 0.0317. The smallest absolute Gasteiger partial charge is 0.303 e. The molecule has 0 radical (unpaired) electrons. The first kappa shape index (κ1) is 33.7. The summed E-state index contributed by atoms with van der Waals surface area (Å²) < 4.78 is 66.9. The van der Waals surface area contributed by atoms with Crippen molar-refractivity contribution < 1.29 is 41.7 Å². The molecule has 0 N–H and O–H groups in total. The summed E-state index contributed by atoms with van der Waals surface area (Å²) in [5.74, 6) is -5.41. The highest BCUT2D eigenvalue weighted by atomic mass is 32.2. The zero-order valence-electron chi connectivity index (χ0n) is 25.8. The Labute approximate surface area is 271 Å². The summed E-state index contributed by atoms with van der Waals surface area (Å²) >= 11 is 1.24. The van der Waals surface area contributed by atoms with Crippen molar-refractivity contribution in [2.75, 3.05) is 13.7 Å². The first-order valence-electron chi connectivity index (χ1n) is 14.5. The third-order valence-electron chi connectivity index (χ3n) is 7.56. The maximum absolute atomic E-state index is 14.0. The van der Waals surface area contributed by atoms with Crippen molar-refractivity contribution in [3.05, 3.63) is 94.3 Å². The van der Waals surface area contributed by atoms with E-state index in [0.29, 0.717) is 17.2 Å². The van der Waals surface area contributed by atoms with E-state index in [1.165, 1.54) is 42.6 Å². The van der Waals surface area contributed by atoms with E-state index in [-0.39, 0.29) is 23.4 Å². The average molecular weight is 673 g/mol. The van der Waals surface area contributed by atoms with Gasteiger partial charge in [-0.1, -0.05) is 36.0 Å². The number of esters is 2. The molecule has 2 aromatic heterocycles. The second-order valence-electron chi connectivity index (χ2n) is 10.9. The van der Waals surface area contributed by atoms with Crippen molar-refractivity contribution in [1.82, 2.24) is 19.6 Å². The van der Waals surface area contributed by atoms with Gasteiger partial charge in [-0.25, -0.2) is 17.9 Å². The lowest BCUT2D eigenvalue weighted by Gasteiger charge is -2.44. The van der Waals surface area contributed by atoms with Gasteiger partial charge >= 0.3 is 11.9 Å². The van der Waals surface area contributed by atoms with E-state index in [0.717, 1.165) is 17.7 Å². The van der Waals surface area contributed by atoms with Gasteiger partial charge in [0.1, 0.15) is 29.6 Å². The zero-order valence-corrected chi connectivity index (χ0v) is 26.6. The van der Waals surface area contributed by atoms with Crippen LogP contribution < -0.4 is 10.3 Å². The van der Waals surface area contributed by atoms with Crippen molar-refractivity contribution in [3.8, 4) is 17.0 Å². The molecule has 2 unspecified atom stereocenters. The number of carbonyl (C=O) groups excluding carboxylic acids is 2. The molecule has 5 atom stereocenters. The number of pyridine rings is 1. The maximum atomic E-state index is 14.0. The van der Waals surface area contributed by atoms with E-state index >= 15 is 0 Å². The fourth-order valence-corrected chi connectivity index (χ4v) is 6.42. The highest BCUT2D eigenvalue weighted by Gasteiger charge is 2.48. The highest BCUT2D eigenvalue weighted by molar-refractivity contribution is 7.99. The van der Waals surface area contributed by atoms with Crippen molar-refractivity contribution >= 4 is 23.7 Å². The fraction of sp³-hybridized carbons (Fsp3) is 0.344. The van der Waals surface area contributed by atoms with Crippen molar-refractivity contribution in [2.24, 2.45) is 5.92 Å². The quantitative estimate of drug-likeness (QED) is 0.172. The van der Waals surface area contributed by atoms with Crippen molar-refractivity contribution in [1.29, 1.82) is 0 Å². The molecule has 4 aromatic rings. The molecule has 0 bridgehead atoms. The largest absolute Gasteiger partial charge is 0.497 e. The van der Waals surface area contributed by atoms with Crippen LogP contribution in [0, 0.1) is 23.4 Å². The van der Waals surface area contributed by atoms with Crippen LogP contribution in [0.5, 0.6) is 5.75 Å². The predicted octanol–water partition coefficient (Wildman–Crippen LogP) is 4.77. The summed E-state index contributed by atoms with van der Waals surface area (Å²) in [6, 6.07) is 11.4. The minimum Gasteiger partial charge on any atom is -0.497 e. The number of methoxy groups -OCH3 is 1. The number of benzene rings is 2. The molecule has 15 heteroatoms. The van der Waals surface area contributed by atoms with Crippen LogP contribution in [0.15, 0.2) is 70.6 Å². The molecule has 0 aliphatic carbocycles. The lowest BCUT2D eigenvalue weighted by Crippen LogP contribution is -2.53. The van der Waals surface area contributed by atoms with Gasteiger partial charge in [0.15, 0.2) is 23.6 Å². The molecule has 1 aliphatic rings. The van der Waals surface area contributed by atoms with Gasteiger partial charge in [-0.05, 0) is 35.9 Å². The molecule has 2 aromatic carbocycles. The van der Waals surface area contributed by atoms with Crippen LogP contribution in [-0.2, 0) is 30.3 Å². The number of hydrogen-bond acceptors (Lipinski definition) is 10. The molecule has 3 heterocycles. The molecule has 1 fully saturated rings. The molecule has 5 rings (SSSR count).